The zero-order chi connectivity index (χ0) is 9.97. The summed E-state index contributed by atoms with van der Waals surface area (Å²) in [7, 11) is 1.62. The van der Waals surface area contributed by atoms with Crippen LogP contribution in [0.4, 0.5) is 0 Å². The fourth-order valence-corrected chi connectivity index (χ4v) is 1.72. The van der Waals surface area contributed by atoms with Gasteiger partial charge in [0.05, 0.1) is 12.1 Å². The van der Waals surface area contributed by atoms with E-state index in [1.54, 1.807) is 13.2 Å². The maximum absolute atomic E-state index is 6.10. The summed E-state index contributed by atoms with van der Waals surface area (Å²) in [4.78, 5) is 0. The van der Waals surface area contributed by atoms with Crippen molar-refractivity contribution in [2.45, 2.75) is 6.54 Å². The molecule has 0 bridgehead atoms. The highest BCUT2D eigenvalue weighted by atomic mass is 35.5. The van der Waals surface area contributed by atoms with Crippen molar-refractivity contribution < 1.29 is 9.47 Å². The molecule has 76 valence electrons. The number of ether oxygens (including phenoxy) is 2. The van der Waals surface area contributed by atoms with E-state index >= 15 is 0 Å². The fraction of sp³-hybridized carbons (Fsp3) is 0.400. The van der Waals surface area contributed by atoms with Gasteiger partial charge in [-0.1, -0.05) is 11.6 Å². The van der Waals surface area contributed by atoms with Crippen LogP contribution in [0.1, 0.15) is 5.56 Å². The molecule has 2 rings (SSSR count). The predicted molar refractivity (Wildman–Crippen MR) is 55.2 cm³/mol. The minimum absolute atomic E-state index is 0.663. The number of benzene rings is 1. The van der Waals surface area contributed by atoms with Gasteiger partial charge < -0.3 is 14.8 Å². The van der Waals surface area contributed by atoms with E-state index in [2.05, 4.69) is 5.32 Å². The Bertz CT molecular complexity index is 341. The summed E-state index contributed by atoms with van der Waals surface area (Å²) in [5.41, 5.74) is 1.00. The van der Waals surface area contributed by atoms with Crippen LogP contribution < -0.4 is 14.8 Å². The van der Waals surface area contributed by atoms with Crippen LogP contribution in [-0.2, 0) is 6.54 Å². The third-order valence-corrected chi connectivity index (χ3v) is 2.54. The van der Waals surface area contributed by atoms with E-state index in [-0.39, 0.29) is 0 Å². The largest absolute Gasteiger partial charge is 0.497 e. The van der Waals surface area contributed by atoms with Gasteiger partial charge in [-0.2, -0.15) is 0 Å². The molecule has 0 saturated heterocycles. The third-order valence-electron chi connectivity index (χ3n) is 2.20. The second-order valence-corrected chi connectivity index (χ2v) is 3.52. The normalized spacial score (nSPS) is 15.3. The van der Waals surface area contributed by atoms with Gasteiger partial charge in [-0.25, -0.2) is 0 Å². The fourth-order valence-electron chi connectivity index (χ4n) is 1.45. The average Bonchev–Trinajstić information content (AvgIpc) is 2.42. The summed E-state index contributed by atoms with van der Waals surface area (Å²) >= 11 is 6.10. The second kappa shape index (κ2) is 4.07. The Labute approximate surface area is 88.0 Å². The van der Waals surface area contributed by atoms with E-state index in [1.165, 1.54) is 0 Å². The molecule has 0 unspecified atom stereocenters. The summed E-state index contributed by atoms with van der Waals surface area (Å²) in [6, 6.07) is 3.67. The first-order valence-electron chi connectivity index (χ1n) is 4.51. The molecule has 4 heteroatoms. The molecule has 14 heavy (non-hydrogen) atoms. The van der Waals surface area contributed by atoms with Crippen molar-refractivity contribution >= 4 is 11.6 Å². The summed E-state index contributed by atoms with van der Waals surface area (Å²) in [5, 5.41) is 3.92. The highest BCUT2D eigenvalue weighted by Gasteiger charge is 2.13. The molecule has 0 atom stereocenters. The topological polar surface area (TPSA) is 30.5 Å². The number of rotatable bonds is 1. The number of hydrogen-bond acceptors (Lipinski definition) is 3. The van der Waals surface area contributed by atoms with E-state index in [0.29, 0.717) is 11.6 Å². The van der Waals surface area contributed by atoms with E-state index in [9.17, 15) is 0 Å². The lowest BCUT2D eigenvalue weighted by Gasteiger charge is -2.10. The van der Waals surface area contributed by atoms with Crippen LogP contribution in [0.3, 0.4) is 0 Å². The number of hydrogen-bond donors (Lipinski definition) is 1. The lowest BCUT2D eigenvalue weighted by molar-refractivity contribution is 0.323. The second-order valence-electron chi connectivity index (χ2n) is 3.11. The molecule has 0 amide bonds. The Hall–Kier alpha value is -0.930. The van der Waals surface area contributed by atoms with E-state index in [0.717, 1.165) is 30.2 Å². The Balaban J connectivity index is 2.43. The number of methoxy groups -OCH3 is 1. The van der Waals surface area contributed by atoms with Gasteiger partial charge in [-0.3, -0.25) is 0 Å². The zero-order valence-electron chi connectivity index (χ0n) is 7.97. The van der Waals surface area contributed by atoms with Gasteiger partial charge in [0, 0.05) is 24.7 Å². The van der Waals surface area contributed by atoms with Gasteiger partial charge in [-0.05, 0) is 6.07 Å². The highest BCUT2D eigenvalue weighted by molar-refractivity contribution is 6.31. The average molecular weight is 214 g/mol. The van der Waals surface area contributed by atoms with Gasteiger partial charge in [0.15, 0.2) is 0 Å². The smallest absolute Gasteiger partial charge is 0.129 e. The molecule has 1 aliphatic rings. The molecule has 3 nitrogen and oxygen atoms in total. The quantitative estimate of drug-likeness (QED) is 0.772. The van der Waals surface area contributed by atoms with Crippen molar-refractivity contribution in [3.63, 3.8) is 0 Å². The lowest BCUT2D eigenvalue weighted by atomic mass is 10.2. The molecule has 1 N–H and O–H groups in total. The molecule has 1 heterocycles. The lowest BCUT2D eigenvalue weighted by Crippen LogP contribution is -2.16. The number of nitrogens with one attached hydrogen (secondary N) is 1. The first-order valence-corrected chi connectivity index (χ1v) is 4.89. The summed E-state index contributed by atoms with van der Waals surface area (Å²) < 4.78 is 10.7. The van der Waals surface area contributed by atoms with Gasteiger partial charge in [0.1, 0.15) is 18.1 Å². The summed E-state index contributed by atoms with van der Waals surface area (Å²) in [6.07, 6.45) is 0. The van der Waals surface area contributed by atoms with Gasteiger partial charge in [-0.15, -0.1) is 0 Å². The van der Waals surface area contributed by atoms with Gasteiger partial charge in [0.2, 0.25) is 0 Å². The van der Waals surface area contributed by atoms with Gasteiger partial charge in [0.25, 0.3) is 0 Å². The van der Waals surface area contributed by atoms with Crippen molar-refractivity contribution in [2.75, 3.05) is 20.3 Å². The highest BCUT2D eigenvalue weighted by Crippen LogP contribution is 2.32. The Kier molecular flexibility index (Phi) is 2.79. The van der Waals surface area contributed by atoms with Crippen molar-refractivity contribution in [2.24, 2.45) is 0 Å². The summed E-state index contributed by atoms with van der Waals surface area (Å²) in [6.45, 7) is 2.25. The number of halogens is 1. The Morgan fingerprint density at radius 3 is 3.14 bits per heavy atom. The molecule has 1 aliphatic heterocycles. The molecule has 0 spiro atoms. The van der Waals surface area contributed by atoms with E-state index in [1.807, 2.05) is 6.07 Å². The van der Waals surface area contributed by atoms with Crippen LogP contribution in [0.2, 0.25) is 5.02 Å². The molecular formula is C10H12ClNO2. The molecule has 0 radical (unpaired) electrons. The van der Waals surface area contributed by atoms with Crippen molar-refractivity contribution in [3.8, 4) is 11.5 Å². The molecule has 1 aromatic carbocycles. The third kappa shape index (κ3) is 1.79. The number of fused-ring (bicyclic) bond motifs is 1. The van der Waals surface area contributed by atoms with Crippen LogP contribution in [0.25, 0.3) is 0 Å². The van der Waals surface area contributed by atoms with Crippen LogP contribution >= 0.6 is 11.6 Å². The Morgan fingerprint density at radius 1 is 1.50 bits per heavy atom. The van der Waals surface area contributed by atoms with Crippen molar-refractivity contribution in [3.05, 3.63) is 22.7 Å². The van der Waals surface area contributed by atoms with Crippen molar-refractivity contribution in [1.82, 2.24) is 5.32 Å². The van der Waals surface area contributed by atoms with E-state index in [4.69, 9.17) is 21.1 Å². The minimum atomic E-state index is 0.663. The van der Waals surface area contributed by atoms with Crippen LogP contribution in [-0.4, -0.2) is 20.3 Å². The van der Waals surface area contributed by atoms with E-state index < -0.39 is 0 Å². The van der Waals surface area contributed by atoms with Crippen LogP contribution in [0.15, 0.2) is 12.1 Å². The summed E-state index contributed by atoms with van der Waals surface area (Å²) in [5.74, 6) is 1.55. The minimum Gasteiger partial charge on any atom is -0.497 e. The molecule has 0 saturated carbocycles. The standard InChI is InChI=1S/C10H12ClNO2/c1-13-7-4-9(11)8-6-12-2-3-14-10(8)5-7/h4-5,12H,2-3,6H2,1H3. The monoisotopic (exact) mass is 213 g/mol. The van der Waals surface area contributed by atoms with Gasteiger partial charge >= 0.3 is 0 Å². The molecule has 1 aromatic rings. The predicted octanol–water partition coefficient (Wildman–Crippen LogP) is 1.83. The first-order chi connectivity index (χ1) is 6.81. The zero-order valence-corrected chi connectivity index (χ0v) is 8.73. The molecule has 0 aromatic heterocycles. The SMILES string of the molecule is COc1cc(Cl)c2c(c1)OCCNC2. The molecule has 0 fully saturated rings. The van der Waals surface area contributed by atoms with Crippen LogP contribution in [0, 0.1) is 0 Å². The maximum atomic E-state index is 6.10. The maximum Gasteiger partial charge on any atom is 0.129 e. The molecule has 0 aliphatic carbocycles. The van der Waals surface area contributed by atoms with Crippen LogP contribution in [0.5, 0.6) is 11.5 Å². The van der Waals surface area contributed by atoms with Crippen molar-refractivity contribution in [1.29, 1.82) is 0 Å². The first kappa shape index (κ1) is 9.62. The molecular weight excluding hydrogens is 202 g/mol. The Morgan fingerprint density at radius 2 is 2.36 bits per heavy atom.